The lowest BCUT2D eigenvalue weighted by Crippen LogP contribution is -2.08. The Kier molecular flexibility index (Phi) is 6.93. The van der Waals surface area contributed by atoms with E-state index in [0.717, 1.165) is 22.1 Å². The fraction of sp³-hybridized carbons (Fsp3) is 0. The standard InChI is InChI=1S/C8H5ClN2.C8H8N4.H4N2/c9-8-5-10-6-3-1-2-4-7(6)11-8;9-12-8-5-10-6-3-1-2-4-7(6)11-8;1-2/h1-5H;1-5H,9H2,(H,11,12);1-2H2. The number of halogens is 1. The van der Waals surface area contributed by atoms with Gasteiger partial charge in [0.2, 0.25) is 0 Å². The van der Waals surface area contributed by atoms with E-state index in [1.807, 2.05) is 48.5 Å². The van der Waals surface area contributed by atoms with Gasteiger partial charge in [-0.25, -0.2) is 15.8 Å². The van der Waals surface area contributed by atoms with E-state index in [2.05, 4.69) is 37.0 Å². The van der Waals surface area contributed by atoms with Gasteiger partial charge >= 0.3 is 0 Å². The zero-order chi connectivity index (χ0) is 18.1. The maximum Gasteiger partial charge on any atom is 0.159 e. The molecular formula is C16H17ClN8. The molecule has 0 radical (unpaired) electrons. The van der Waals surface area contributed by atoms with Gasteiger partial charge in [-0.2, -0.15) is 0 Å². The van der Waals surface area contributed by atoms with Gasteiger partial charge in [-0.1, -0.05) is 35.9 Å². The van der Waals surface area contributed by atoms with E-state index < -0.39 is 0 Å². The predicted octanol–water partition coefficient (Wildman–Crippen LogP) is 2.02. The highest BCUT2D eigenvalue weighted by Crippen LogP contribution is 2.11. The van der Waals surface area contributed by atoms with Crippen molar-refractivity contribution in [2.24, 2.45) is 17.5 Å². The lowest BCUT2D eigenvalue weighted by Gasteiger charge is -1.99. The quantitative estimate of drug-likeness (QED) is 0.299. The number of hydrazine groups is 2. The van der Waals surface area contributed by atoms with Gasteiger partial charge in [0.05, 0.1) is 34.5 Å². The number of anilines is 1. The van der Waals surface area contributed by atoms with E-state index in [-0.39, 0.29) is 0 Å². The zero-order valence-corrected chi connectivity index (χ0v) is 13.9. The summed E-state index contributed by atoms with van der Waals surface area (Å²) in [5.74, 6) is 13.8. The van der Waals surface area contributed by atoms with Gasteiger partial charge < -0.3 is 5.43 Å². The van der Waals surface area contributed by atoms with E-state index in [1.165, 1.54) is 0 Å². The van der Waals surface area contributed by atoms with Crippen LogP contribution in [0.2, 0.25) is 5.15 Å². The average molecular weight is 357 g/mol. The Labute approximate surface area is 149 Å². The summed E-state index contributed by atoms with van der Waals surface area (Å²) < 4.78 is 0. The van der Waals surface area contributed by atoms with Crippen LogP contribution in [0, 0.1) is 0 Å². The van der Waals surface area contributed by atoms with Crippen LogP contribution in [0.5, 0.6) is 0 Å². The molecule has 8 nitrogen and oxygen atoms in total. The molecular weight excluding hydrogens is 340 g/mol. The minimum absolute atomic E-state index is 0.434. The van der Waals surface area contributed by atoms with Crippen LogP contribution in [-0.4, -0.2) is 19.9 Å². The summed E-state index contributed by atoms with van der Waals surface area (Å²) in [6, 6.07) is 15.3. The zero-order valence-electron chi connectivity index (χ0n) is 13.2. The first-order valence-corrected chi connectivity index (χ1v) is 7.53. The molecule has 7 N–H and O–H groups in total. The Morgan fingerprint density at radius 1 is 0.720 bits per heavy atom. The molecule has 2 aromatic heterocycles. The smallest absolute Gasteiger partial charge is 0.159 e. The Bertz CT molecular complexity index is 947. The molecule has 0 unspecified atom stereocenters. The van der Waals surface area contributed by atoms with Gasteiger partial charge in [0.1, 0.15) is 5.15 Å². The topological polar surface area (TPSA) is 142 Å². The van der Waals surface area contributed by atoms with Crippen LogP contribution in [-0.2, 0) is 0 Å². The molecule has 0 aliphatic heterocycles. The minimum Gasteiger partial charge on any atom is -0.307 e. The van der Waals surface area contributed by atoms with E-state index >= 15 is 0 Å². The fourth-order valence-corrected chi connectivity index (χ4v) is 2.10. The number of hydrogen-bond acceptors (Lipinski definition) is 8. The van der Waals surface area contributed by atoms with Gasteiger partial charge in [-0.3, -0.25) is 21.7 Å². The summed E-state index contributed by atoms with van der Waals surface area (Å²) in [7, 11) is 0. The van der Waals surface area contributed by atoms with Crippen molar-refractivity contribution in [3.8, 4) is 0 Å². The van der Waals surface area contributed by atoms with Crippen LogP contribution >= 0.6 is 11.6 Å². The molecule has 0 aliphatic carbocycles. The lowest BCUT2D eigenvalue weighted by atomic mass is 10.3. The predicted molar refractivity (Wildman–Crippen MR) is 100 cm³/mol. The van der Waals surface area contributed by atoms with E-state index in [4.69, 9.17) is 17.4 Å². The number of fused-ring (bicyclic) bond motifs is 2. The highest BCUT2D eigenvalue weighted by Gasteiger charge is 1.95. The van der Waals surface area contributed by atoms with Crippen molar-refractivity contribution in [3.05, 3.63) is 66.1 Å². The fourth-order valence-electron chi connectivity index (χ4n) is 1.96. The first kappa shape index (κ1) is 18.4. The Hall–Kier alpha value is -2.91. The number of nitrogens with two attached hydrogens (primary N) is 3. The van der Waals surface area contributed by atoms with Crippen LogP contribution in [0.15, 0.2) is 60.9 Å². The van der Waals surface area contributed by atoms with Crippen molar-refractivity contribution in [1.82, 2.24) is 19.9 Å². The highest BCUT2D eigenvalue weighted by atomic mass is 35.5. The summed E-state index contributed by atoms with van der Waals surface area (Å²) >= 11 is 5.65. The van der Waals surface area contributed by atoms with Gasteiger partial charge in [0.25, 0.3) is 0 Å². The number of nitrogens with zero attached hydrogens (tertiary/aromatic N) is 4. The number of para-hydroxylation sites is 4. The monoisotopic (exact) mass is 356 g/mol. The van der Waals surface area contributed by atoms with Gasteiger partial charge in [-0.15, -0.1) is 0 Å². The van der Waals surface area contributed by atoms with Crippen LogP contribution in [0.25, 0.3) is 22.1 Å². The summed E-state index contributed by atoms with van der Waals surface area (Å²) in [6.07, 6.45) is 3.15. The third-order valence-electron chi connectivity index (χ3n) is 3.02. The second-order valence-electron chi connectivity index (χ2n) is 4.57. The van der Waals surface area contributed by atoms with E-state index in [0.29, 0.717) is 11.0 Å². The normalized spacial score (nSPS) is 9.60. The van der Waals surface area contributed by atoms with Gasteiger partial charge in [0.15, 0.2) is 5.82 Å². The molecule has 0 fully saturated rings. The van der Waals surface area contributed by atoms with Crippen LogP contribution in [0.1, 0.15) is 0 Å². The maximum absolute atomic E-state index is 5.65. The molecule has 2 aromatic carbocycles. The van der Waals surface area contributed by atoms with Crippen LogP contribution in [0.3, 0.4) is 0 Å². The third kappa shape index (κ3) is 5.03. The molecule has 128 valence electrons. The molecule has 25 heavy (non-hydrogen) atoms. The molecule has 4 rings (SSSR count). The summed E-state index contributed by atoms with van der Waals surface area (Å²) in [5, 5.41) is 0.434. The van der Waals surface area contributed by atoms with Crippen molar-refractivity contribution < 1.29 is 0 Å². The largest absolute Gasteiger partial charge is 0.307 e. The molecule has 0 saturated carbocycles. The SMILES string of the molecule is Clc1cnc2ccccc2n1.NN.NNc1cnc2ccccc2n1. The van der Waals surface area contributed by atoms with Gasteiger partial charge in [0, 0.05) is 0 Å². The number of rotatable bonds is 1. The second kappa shape index (κ2) is 9.40. The Balaban J connectivity index is 0.000000165. The van der Waals surface area contributed by atoms with Crippen molar-refractivity contribution in [3.63, 3.8) is 0 Å². The van der Waals surface area contributed by atoms with E-state index in [9.17, 15) is 0 Å². The number of nitrogens with one attached hydrogen (secondary N) is 1. The molecule has 4 aromatic rings. The van der Waals surface area contributed by atoms with Crippen molar-refractivity contribution in [2.75, 3.05) is 5.43 Å². The van der Waals surface area contributed by atoms with Crippen molar-refractivity contribution in [2.45, 2.75) is 0 Å². The summed E-state index contributed by atoms with van der Waals surface area (Å²) in [5.41, 5.74) is 5.86. The molecule has 9 heteroatoms. The molecule has 0 spiro atoms. The third-order valence-corrected chi connectivity index (χ3v) is 3.20. The lowest BCUT2D eigenvalue weighted by molar-refractivity contribution is 1.22. The van der Waals surface area contributed by atoms with E-state index in [1.54, 1.807) is 12.4 Å². The van der Waals surface area contributed by atoms with Crippen LogP contribution < -0.4 is 23.0 Å². The molecule has 0 amide bonds. The highest BCUT2D eigenvalue weighted by molar-refractivity contribution is 6.29. The number of aromatic nitrogens is 4. The molecule has 0 atom stereocenters. The maximum atomic E-state index is 5.65. The molecule has 0 aliphatic rings. The van der Waals surface area contributed by atoms with Crippen molar-refractivity contribution in [1.29, 1.82) is 0 Å². The minimum atomic E-state index is 0.434. The molecule has 0 bridgehead atoms. The van der Waals surface area contributed by atoms with Crippen molar-refractivity contribution >= 4 is 39.5 Å². The molecule has 0 saturated heterocycles. The summed E-state index contributed by atoms with van der Waals surface area (Å²) in [4.78, 5) is 16.5. The molecule has 2 heterocycles. The first-order valence-electron chi connectivity index (χ1n) is 7.15. The Morgan fingerprint density at radius 3 is 1.76 bits per heavy atom. The number of benzene rings is 2. The first-order chi connectivity index (χ1) is 12.3. The van der Waals surface area contributed by atoms with Gasteiger partial charge in [-0.05, 0) is 24.3 Å². The number of hydrogen-bond donors (Lipinski definition) is 4. The second-order valence-corrected chi connectivity index (χ2v) is 4.96. The Morgan fingerprint density at radius 2 is 1.20 bits per heavy atom. The average Bonchev–Trinajstić information content (AvgIpc) is 2.69. The number of nitrogen functional groups attached to an aromatic ring is 1. The summed E-state index contributed by atoms with van der Waals surface area (Å²) in [6.45, 7) is 0. The van der Waals surface area contributed by atoms with Crippen LogP contribution in [0.4, 0.5) is 5.82 Å².